The Labute approximate surface area is 89.8 Å². The molecule has 0 aliphatic carbocycles. The van der Waals surface area contributed by atoms with Gasteiger partial charge < -0.3 is 5.73 Å². The van der Waals surface area contributed by atoms with Crippen LogP contribution in [0.2, 0.25) is 0 Å². The predicted octanol–water partition coefficient (Wildman–Crippen LogP) is -0.150. The van der Waals surface area contributed by atoms with Gasteiger partial charge in [-0.1, -0.05) is 6.07 Å². The number of nitrogens with zero attached hydrogens (tertiary/aromatic N) is 1. The van der Waals surface area contributed by atoms with Crippen LogP contribution in [-0.2, 0) is 16.6 Å². The standard InChI is InChI=1S/C9H15N3O2S/c10-5-3-7-15(13,14)12-8-9-4-1-2-6-11-9/h1-2,4,6,12H,3,5,7-8,10H2. The van der Waals surface area contributed by atoms with Crippen LogP contribution in [0.1, 0.15) is 12.1 Å². The van der Waals surface area contributed by atoms with Crippen molar-refractivity contribution in [1.29, 1.82) is 0 Å². The normalized spacial score (nSPS) is 11.5. The van der Waals surface area contributed by atoms with Crippen molar-refractivity contribution in [3.8, 4) is 0 Å². The number of hydrogen-bond acceptors (Lipinski definition) is 4. The van der Waals surface area contributed by atoms with E-state index in [1.54, 1.807) is 18.3 Å². The molecule has 0 fully saturated rings. The van der Waals surface area contributed by atoms with Crippen LogP contribution in [0.5, 0.6) is 0 Å². The number of nitrogens with one attached hydrogen (secondary N) is 1. The van der Waals surface area contributed by atoms with Crippen molar-refractivity contribution in [3.63, 3.8) is 0 Å². The third-order valence-corrected chi connectivity index (χ3v) is 3.23. The van der Waals surface area contributed by atoms with E-state index in [-0.39, 0.29) is 12.3 Å². The lowest BCUT2D eigenvalue weighted by molar-refractivity contribution is 0.578. The highest BCUT2D eigenvalue weighted by atomic mass is 32.2. The van der Waals surface area contributed by atoms with Gasteiger partial charge in [0.2, 0.25) is 10.0 Å². The highest BCUT2D eigenvalue weighted by Gasteiger charge is 2.08. The molecule has 1 heterocycles. The number of nitrogens with two attached hydrogens (primary N) is 1. The molecule has 0 atom stereocenters. The fourth-order valence-electron chi connectivity index (χ4n) is 1.03. The fourth-order valence-corrected chi connectivity index (χ4v) is 2.09. The van der Waals surface area contributed by atoms with E-state index in [2.05, 4.69) is 9.71 Å². The molecule has 0 amide bonds. The molecular formula is C9H15N3O2S. The molecule has 6 heteroatoms. The second-order valence-electron chi connectivity index (χ2n) is 3.10. The monoisotopic (exact) mass is 229 g/mol. The maximum Gasteiger partial charge on any atom is 0.211 e. The largest absolute Gasteiger partial charge is 0.330 e. The van der Waals surface area contributed by atoms with Crippen LogP contribution in [0.15, 0.2) is 24.4 Å². The number of hydrogen-bond donors (Lipinski definition) is 2. The van der Waals surface area contributed by atoms with Gasteiger partial charge >= 0.3 is 0 Å². The van der Waals surface area contributed by atoms with E-state index in [0.717, 1.165) is 0 Å². The maximum absolute atomic E-state index is 11.4. The first kappa shape index (κ1) is 12.1. The SMILES string of the molecule is NCCCS(=O)(=O)NCc1ccccn1. The number of aromatic nitrogens is 1. The summed E-state index contributed by atoms with van der Waals surface area (Å²) in [5.41, 5.74) is 5.94. The van der Waals surface area contributed by atoms with Crippen LogP contribution in [0.3, 0.4) is 0 Å². The van der Waals surface area contributed by atoms with Gasteiger partial charge in [-0.15, -0.1) is 0 Å². The summed E-state index contributed by atoms with van der Waals surface area (Å²) in [4.78, 5) is 4.01. The molecule has 0 spiro atoms. The van der Waals surface area contributed by atoms with Crippen LogP contribution < -0.4 is 10.5 Å². The predicted molar refractivity (Wildman–Crippen MR) is 58.5 cm³/mol. The molecule has 1 aromatic heterocycles. The number of rotatable bonds is 6. The summed E-state index contributed by atoms with van der Waals surface area (Å²) in [6.07, 6.45) is 2.10. The molecular weight excluding hydrogens is 214 g/mol. The van der Waals surface area contributed by atoms with Crippen LogP contribution in [0, 0.1) is 0 Å². The van der Waals surface area contributed by atoms with Crippen LogP contribution in [0.4, 0.5) is 0 Å². The third kappa shape index (κ3) is 4.87. The lowest BCUT2D eigenvalue weighted by Gasteiger charge is -2.04. The van der Waals surface area contributed by atoms with E-state index >= 15 is 0 Å². The van der Waals surface area contributed by atoms with Gasteiger partial charge in [-0.2, -0.15) is 0 Å². The first-order valence-corrected chi connectivity index (χ1v) is 6.36. The van der Waals surface area contributed by atoms with Crippen molar-refractivity contribution in [2.45, 2.75) is 13.0 Å². The molecule has 1 rings (SSSR count). The molecule has 84 valence electrons. The van der Waals surface area contributed by atoms with Gasteiger partial charge in [-0.25, -0.2) is 13.1 Å². The Balaban J connectivity index is 2.43. The summed E-state index contributed by atoms with van der Waals surface area (Å²) in [5, 5.41) is 0. The number of pyridine rings is 1. The van der Waals surface area contributed by atoms with E-state index in [1.165, 1.54) is 0 Å². The van der Waals surface area contributed by atoms with Crippen molar-refractivity contribution >= 4 is 10.0 Å². The minimum absolute atomic E-state index is 0.0658. The first-order chi connectivity index (χ1) is 7.14. The van der Waals surface area contributed by atoms with E-state index < -0.39 is 10.0 Å². The second-order valence-corrected chi connectivity index (χ2v) is 5.03. The molecule has 0 bridgehead atoms. The minimum atomic E-state index is -3.21. The van der Waals surface area contributed by atoms with Gasteiger partial charge in [0, 0.05) is 6.20 Å². The quantitative estimate of drug-likeness (QED) is 0.710. The molecule has 15 heavy (non-hydrogen) atoms. The van der Waals surface area contributed by atoms with E-state index in [4.69, 9.17) is 5.73 Å². The van der Waals surface area contributed by atoms with Gasteiger partial charge in [0.05, 0.1) is 18.0 Å². The molecule has 0 unspecified atom stereocenters. The van der Waals surface area contributed by atoms with Gasteiger partial charge in [-0.3, -0.25) is 4.98 Å². The molecule has 0 saturated carbocycles. The molecule has 1 aromatic rings. The summed E-state index contributed by atoms with van der Waals surface area (Å²) in [6.45, 7) is 0.609. The van der Waals surface area contributed by atoms with Gasteiger partial charge in [0.25, 0.3) is 0 Å². The average Bonchev–Trinajstić information content (AvgIpc) is 2.25. The Morgan fingerprint density at radius 1 is 1.40 bits per heavy atom. The molecule has 5 nitrogen and oxygen atoms in total. The van der Waals surface area contributed by atoms with Crippen molar-refractivity contribution < 1.29 is 8.42 Å². The number of sulfonamides is 1. The zero-order valence-electron chi connectivity index (χ0n) is 8.39. The van der Waals surface area contributed by atoms with E-state index in [0.29, 0.717) is 18.7 Å². The Hall–Kier alpha value is -0.980. The lowest BCUT2D eigenvalue weighted by Crippen LogP contribution is -2.27. The molecule has 3 N–H and O–H groups in total. The fraction of sp³-hybridized carbons (Fsp3) is 0.444. The van der Waals surface area contributed by atoms with Crippen molar-refractivity contribution in [2.24, 2.45) is 5.73 Å². The van der Waals surface area contributed by atoms with Gasteiger partial charge in [-0.05, 0) is 25.1 Å². The van der Waals surface area contributed by atoms with Crippen LogP contribution in [-0.4, -0.2) is 25.7 Å². The Kier molecular flexibility index (Phi) is 4.67. The smallest absolute Gasteiger partial charge is 0.211 e. The highest BCUT2D eigenvalue weighted by molar-refractivity contribution is 7.89. The minimum Gasteiger partial charge on any atom is -0.330 e. The Morgan fingerprint density at radius 3 is 2.80 bits per heavy atom. The van der Waals surface area contributed by atoms with Gasteiger partial charge in [0.15, 0.2) is 0 Å². The van der Waals surface area contributed by atoms with Crippen molar-refractivity contribution in [3.05, 3.63) is 30.1 Å². The Morgan fingerprint density at radius 2 is 2.20 bits per heavy atom. The molecule has 0 saturated heterocycles. The topological polar surface area (TPSA) is 85.1 Å². The average molecular weight is 229 g/mol. The zero-order valence-corrected chi connectivity index (χ0v) is 9.20. The summed E-state index contributed by atoms with van der Waals surface area (Å²) in [7, 11) is -3.21. The Bertz CT molecular complexity index is 378. The van der Waals surface area contributed by atoms with Crippen molar-refractivity contribution in [2.75, 3.05) is 12.3 Å². The highest BCUT2D eigenvalue weighted by Crippen LogP contribution is 1.95. The molecule has 0 aliphatic rings. The summed E-state index contributed by atoms with van der Waals surface area (Å²) in [6, 6.07) is 5.37. The second kappa shape index (κ2) is 5.79. The third-order valence-electron chi connectivity index (χ3n) is 1.82. The first-order valence-electron chi connectivity index (χ1n) is 4.71. The van der Waals surface area contributed by atoms with Crippen LogP contribution >= 0.6 is 0 Å². The van der Waals surface area contributed by atoms with E-state index in [1.807, 2.05) is 6.07 Å². The maximum atomic E-state index is 11.4. The van der Waals surface area contributed by atoms with Crippen LogP contribution in [0.25, 0.3) is 0 Å². The van der Waals surface area contributed by atoms with Gasteiger partial charge in [0.1, 0.15) is 0 Å². The zero-order chi connectivity index (χ0) is 11.1. The molecule has 0 radical (unpaired) electrons. The summed E-state index contributed by atoms with van der Waals surface area (Å²) >= 11 is 0. The summed E-state index contributed by atoms with van der Waals surface area (Å²) < 4.78 is 25.2. The van der Waals surface area contributed by atoms with Crippen molar-refractivity contribution in [1.82, 2.24) is 9.71 Å². The summed E-state index contributed by atoms with van der Waals surface area (Å²) in [5.74, 6) is 0.0658. The molecule has 0 aromatic carbocycles. The molecule has 0 aliphatic heterocycles. The lowest BCUT2D eigenvalue weighted by atomic mass is 10.4. The van der Waals surface area contributed by atoms with E-state index in [9.17, 15) is 8.42 Å².